The standard InChI is InChI=1S/C5H9NO4.2Cs/c6-3(5(9)10)1-2-4(7)8;;/h3H,1-2,6H2,(H,7,8)(H,9,10);;/q;2*+1/p-2. The molecule has 0 saturated carbocycles. The molecular formula is C5H7Cs2NO4. The second kappa shape index (κ2) is 12.1. The first-order chi connectivity index (χ1) is 4.54. The number of carboxylic acids is 2. The fourth-order valence-corrected chi connectivity index (χ4v) is 0.391. The molecular weight excluding hydrogens is 404 g/mol. The molecule has 0 aliphatic carbocycles. The van der Waals surface area contributed by atoms with Gasteiger partial charge in [0.15, 0.2) is 0 Å². The van der Waals surface area contributed by atoms with E-state index in [0.717, 1.165) is 0 Å². The van der Waals surface area contributed by atoms with Crippen LogP contribution in [0, 0.1) is 0 Å². The van der Waals surface area contributed by atoms with E-state index in [1.807, 2.05) is 0 Å². The second-order valence-corrected chi connectivity index (χ2v) is 1.84. The zero-order valence-corrected chi connectivity index (χ0v) is 19.8. The Bertz CT molecular complexity index is 152. The molecule has 1 atom stereocenters. The van der Waals surface area contributed by atoms with Crippen molar-refractivity contribution in [2.24, 2.45) is 5.73 Å². The van der Waals surface area contributed by atoms with Gasteiger partial charge in [-0.15, -0.1) is 0 Å². The van der Waals surface area contributed by atoms with E-state index in [0.29, 0.717) is 0 Å². The van der Waals surface area contributed by atoms with Crippen LogP contribution in [0.3, 0.4) is 0 Å². The SMILES string of the molecule is NC(CCC(=O)[O-])C(=O)[O-].[Cs+].[Cs+]. The molecule has 0 spiro atoms. The minimum Gasteiger partial charge on any atom is -0.550 e. The molecule has 0 heterocycles. The van der Waals surface area contributed by atoms with Crippen molar-refractivity contribution in [3.63, 3.8) is 0 Å². The zero-order valence-electron chi connectivity index (χ0n) is 7.20. The van der Waals surface area contributed by atoms with Gasteiger partial charge in [-0.05, 0) is 12.8 Å². The van der Waals surface area contributed by atoms with E-state index in [9.17, 15) is 19.8 Å². The topological polar surface area (TPSA) is 106 Å². The van der Waals surface area contributed by atoms with Crippen molar-refractivity contribution in [1.29, 1.82) is 0 Å². The van der Waals surface area contributed by atoms with Crippen LogP contribution in [0.4, 0.5) is 0 Å². The molecule has 1 unspecified atom stereocenters. The maximum absolute atomic E-state index is 9.86. The van der Waals surface area contributed by atoms with E-state index in [-0.39, 0.29) is 151 Å². The molecule has 0 aromatic carbocycles. The van der Waals surface area contributed by atoms with Gasteiger partial charge in [0.25, 0.3) is 0 Å². The number of rotatable bonds is 4. The molecule has 5 nitrogen and oxygen atoms in total. The summed E-state index contributed by atoms with van der Waals surface area (Å²) in [6, 6.07) is -1.21. The number of hydrogen-bond donors (Lipinski definition) is 1. The van der Waals surface area contributed by atoms with Gasteiger partial charge < -0.3 is 25.5 Å². The van der Waals surface area contributed by atoms with Crippen LogP contribution in [0.1, 0.15) is 12.8 Å². The Labute approximate surface area is 188 Å². The third-order valence-corrected chi connectivity index (χ3v) is 0.962. The summed E-state index contributed by atoms with van der Waals surface area (Å²) in [5.74, 6) is -2.75. The first-order valence-corrected chi connectivity index (χ1v) is 2.70. The van der Waals surface area contributed by atoms with Gasteiger partial charge in [0.1, 0.15) is 0 Å². The number of carbonyl (C=O) groups is 2. The Kier molecular flexibility index (Phi) is 20.5. The van der Waals surface area contributed by atoms with E-state index >= 15 is 0 Å². The molecule has 0 fully saturated rings. The average Bonchev–Trinajstić information content (AvgIpc) is 1.82. The fraction of sp³-hybridized carbons (Fsp3) is 0.600. The molecule has 0 amide bonds. The zero-order chi connectivity index (χ0) is 8.15. The summed E-state index contributed by atoms with van der Waals surface area (Å²) < 4.78 is 0. The molecule has 0 rings (SSSR count). The number of hydrogen-bond acceptors (Lipinski definition) is 5. The van der Waals surface area contributed by atoms with E-state index in [4.69, 9.17) is 5.73 Å². The summed E-state index contributed by atoms with van der Waals surface area (Å²) in [5.41, 5.74) is 4.91. The first-order valence-electron chi connectivity index (χ1n) is 2.70. The number of aliphatic carboxylic acids is 2. The van der Waals surface area contributed by atoms with Gasteiger partial charge in [0, 0.05) is 12.0 Å². The van der Waals surface area contributed by atoms with Crippen LogP contribution in [0.15, 0.2) is 0 Å². The molecule has 0 bridgehead atoms. The molecule has 0 aliphatic rings. The third kappa shape index (κ3) is 13.0. The minimum atomic E-state index is -1.44. The van der Waals surface area contributed by atoms with Gasteiger partial charge in [-0.1, -0.05) is 0 Å². The van der Waals surface area contributed by atoms with Crippen molar-refractivity contribution in [3.8, 4) is 0 Å². The second-order valence-electron chi connectivity index (χ2n) is 1.84. The summed E-state index contributed by atoms with van der Waals surface area (Å²) in [6.45, 7) is 0. The van der Waals surface area contributed by atoms with Crippen molar-refractivity contribution < 1.29 is 158 Å². The first kappa shape index (κ1) is 20.4. The Morgan fingerprint density at radius 1 is 1.25 bits per heavy atom. The maximum atomic E-state index is 9.86. The van der Waals surface area contributed by atoms with Gasteiger partial charge in [0.05, 0.1) is 5.97 Å². The van der Waals surface area contributed by atoms with Crippen LogP contribution in [0.5, 0.6) is 0 Å². The predicted octanol–water partition coefficient (Wildman–Crippen LogP) is -9.40. The van der Waals surface area contributed by atoms with Crippen LogP contribution in [-0.2, 0) is 9.59 Å². The van der Waals surface area contributed by atoms with E-state index in [1.54, 1.807) is 0 Å². The summed E-state index contributed by atoms with van der Waals surface area (Å²) in [6.07, 6.45) is -0.500. The Hall–Kier alpha value is 3.00. The van der Waals surface area contributed by atoms with E-state index in [2.05, 4.69) is 0 Å². The minimum absolute atomic E-state index is 0. The summed E-state index contributed by atoms with van der Waals surface area (Å²) in [4.78, 5) is 19.6. The van der Waals surface area contributed by atoms with Crippen LogP contribution in [0.25, 0.3) is 0 Å². The average molecular weight is 411 g/mol. The van der Waals surface area contributed by atoms with Gasteiger partial charge in [-0.25, -0.2) is 0 Å². The molecule has 0 saturated heterocycles. The predicted molar refractivity (Wildman–Crippen MR) is 27.2 cm³/mol. The van der Waals surface area contributed by atoms with Crippen molar-refractivity contribution in [2.75, 3.05) is 0 Å². The summed E-state index contributed by atoms with van der Waals surface area (Å²) in [5, 5.41) is 19.6. The molecule has 58 valence electrons. The molecule has 2 N–H and O–H groups in total. The van der Waals surface area contributed by atoms with Crippen LogP contribution >= 0.6 is 0 Å². The van der Waals surface area contributed by atoms with Crippen LogP contribution in [0.2, 0.25) is 0 Å². The van der Waals surface area contributed by atoms with Gasteiger partial charge in [0.2, 0.25) is 0 Å². The van der Waals surface area contributed by atoms with Crippen molar-refractivity contribution in [1.82, 2.24) is 0 Å². The quantitative estimate of drug-likeness (QED) is 0.495. The summed E-state index contributed by atoms with van der Waals surface area (Å²) >= 11 is 0. The van der Waals surface area contributed by atoms with Crippen LogP contribution < -0.4 is 154 Å². The Morgan fingerprint density at radius 2 is 1.67 bits per heavy atom. The smallest absolute Gasteiger partial charge is 0.550 e. The molecule has 0 aromatic heterocycles. The number of carboxylic acid groups (broad SMARTS) is 2. The van der Waals surface area contributed by atoms with Crippen molar-refractivity contribution in [3.05, 3.63) is 0 Å². The van der Waals surface area contributed by atoms with Gasteiger partial charge in [-0.2, -0.15) is 0 Å². The van der Waals surface area contributed by atoms with E-state index in [1.165, 1.54) is 0 Å². The number of nitrogens with two attached hydrogens (primary N) is 1. The van der Waals surface area contributed by atoms with E-state index < -0.39 is 18.0 Å². The Balaban J connectivity index is -0.000000405. The van der Waals surface area contributed by atoms with Gasteiger partial charge in [-0.3, -0.25) is 0 Å². The maximum Gasteiger partial charge on any atom is 1.00 e. The summed E-state index contributed by atoms with van der Waals surface area (Å²) in [7, 11) is 0. The molecule has 7 heteroatoms. The van der Waals surface area contributed by atoms with Crippen molar-refractivity contribution in [2.45, 2.75) is 18.9 Å². The normalized spacial score (nSPS) is 10.4. The monoisotopic (exact) mass is 411 g/mol. The Morgan fingerprint density at radius 3 is 1.92 bits per heavy atom. The molecule has 12 heavy (non-hydrogen) atoms. The van der Waals surface area contributed by atoms with Crippen molar-refractivity contribution >= 4 is 11.9 Å². The number of carbonyl (C=O) groups excluding carboxylic acids is 2. The van der Waals surface area contributed by atoms with Gasteiger partial charge >= 0.3 is 138 Å². The third-order valence-electron chi connectivity index (χ3n) is 0.962. The molecule has 0 radical (unpaired) electrons. The fourth-order valence-electron chi connectivity index (χ4n) is 0.391. The van der Waals surface area contributed by atoms with Crippen LogP contribution in [-0.4, -0.2) is 18.0 Å². The molecule has 0 aromatic rings. The molecule has 0 aliphatic heterocycles. The largest absolute Gasteiger partial charge is 1.00 e.